The largest absolute Gasteiger partial charge is 0.383 e. The van der Waals surface area contributed by atoms with Crippen LogP contribution < -0.4 is 5.73 Å². The Labute approximate surface area is 111 Å². The molecular weight excluding hydrogens is 224 g/mol. The molecule has 0 spiro atoms. The van der Waals surface area contributed by atoms with Crippen molar-refractivity contribution in [2.75, 3.05) is 33.4 Å². The van der Waals surface area contributed by atoms with E-state index in [1.807, 2.05) is 0 Å². The van der Waals surface area contributed by atoms with E-state index in [1.54, 1.807) is 7.11 Å². The Balaban J connectivity index is 2.74. The van der Waals surface area contributed by atoms with Gasteiger partial charge in [0.05, 0.1) is 6.61 Å². The Morgan fingerprint density at radius 2 is 1.94 bits per heavy atom. The predicted molar refractivity (Wildman–Crippen MR) is 76.8 cm³/mol. The molecule has 0 aromatic heterocycles. The van der Waals surface area contributed by atoms with Crippen LogP contribution in [0.2, 0.25) is 0 Å². The van der Waals surface area contributed by atoms with Crippen molar-refractivity contribution < 1.29 is 4.74 Å². The lowest BCUT2D eigenvalue weighted by atomic mass is 9.92. The Kier molecular flexibility index (Phi) is 6.94. The third-order valence-electron chi connectivity index (χ3n) is 3.60. The van der Waals surface area contributed by atoms with Crippen LogP contribution in [0, 0.1) is 0 Å². The summed E-state index contributed by atoms with van der Waals surface area (Å²) >= 11 is 0. The van der Waals surface area contributed by atoms with Gasteiger partial charge in [0, 0.05) is 26.2 Å². The van der Waals surface area contributed by atoms with Crippen LogP contribution in [-0.2, 0) is 4.74 Å². The Morgan fingerprint density at radius 1 is 1.28 bits per heavy atom. The summed E-state index contributed by atoms with van der Waals surface area (Å²) in [6, 6.07) is 11.0. The lowest BCUT2D eigenvalue weighted by Gasteiger charge is -2.34. The van der Waals surface area contributed by atoms with E-state index in [4.69, 9.17) is 10.5 Å². The maximum absolute atomic E-state index is 5.98. The number of rotatable bonds is 8. The van der Waals surface area contributed by atoms with Crippen molar-refractivity contribution in [2.24, 2.45) is 5.73 Å². The van der Waals surface area contributed by atoms with Gasteiger partial charge >= 0.3 is 0 Å². The summed E-state index contributed by atoms with van der Waals surface area (Å²) in [5, 5.41) is 0. The maximum atomic E-state index is 5.98. The van der Waals surface area contributed by atoms with E-state index in [2.05, 4.69) is 49.1 Å². The lowest BCUT2D eigenvalue weighted by Crippen LogP contribution is -2.45. The summed E-state index contributed by atoms with van der Waals surface area (Å²) in [6.07, 6.45) is 0. The molecule has 0 aliphatic rings. The van der Waals surface area contributed by atoms with E-state index in [1.165, 1.54) is 5.56 Å². The Bertz CT molecular complexity index is 316. The molecule has 0 amide bonds. The van der Waals surface area contributed by atoms with Gasteiger partial charge in [0.2, 0.25) is 0 Å². The zero-order valence-electron chi connectivity index (χ0n) is 11.8. The first-order valence-electron chi connectivity index (χ1n) is 6.72. The molecule has 0 saturated carbocycles. The SMILES string of the molecule is CCN(CCOC)C(CN)C(C)c1ccccc1. The fourth-order valence-electron chi connectivity index (χ4n) is 2.42. The number of methoxy groups -OCH3 is 1. The van der Waals surface area contributed by atoms with Crippen molar-refractivity contribution in [3.63, 3.8) is 0 Å². The minimum Gasteiger partial charge on any atom is -0.383 e. The van der Waals surface area contributed by atoms with Gasteiger partial charge in [-0.2, -0.15) is 0 Å². The molecule has 0 fully saturated rings. The maximum Gasteiger partial charge on any atom is 0.0589 e. The summed E-state index contributed by atoms with van der Waals surface area (Å²) in [5.74, 6) is 0.438. The van der Waals surface area contributed by atoms with Gasteiger partial charge in [-0.3, -0.25) is 4.90 Å². The molecule has 2 unspecified atom stereocenters. The molecule has 2 atom stereocenters. The number of hydrogen-bond donors (Lipinski definition) is 1. The minimum atomic E-state index is 0.368. The number of ether oxygens (including phenoxy) is 1. The van der Waals surface area contributed by atoms with Crippen LogP contribution in [0.1, 0.15) is 25.3 Å². The van der Waals surface area contributed by atoms with E-state index in [0.29, 0.717) is 18.5 Å². The van der Waals surface area contributed by atoms with E-state index in [-0.39, 0.29) is 0 Å². The van der Waals surface area contributed by atoms with Crippen LogP contribution >= 0.6 is 0 Å². The van der Waals surface area contributed by atoms with Crippen molar-refractivity contribution in [1.82, 2.24) is 4.90 Å². The van der Waals surface area contributed by atoms with Crippen LogP contribution in [0.15, 0.2) is 30.3 Å². The Morgan fingerprint density at radius 3 is 2.44 bits per heavy atom. The van der Waals surface area contributed by atoms with E-state index in [0.717, 1.165) is 19.7 Å². The molecule has 0 saturated heterocycles. The molecule has 2 N–H and O–H groups in total. The van der Waals surface area contributed by atoms with Crippen molar-refractivity contribution in [1.29, 1.82) is 0 Å². The van der Waals surface area contributed by atoms with Gasteiger partial charge < -0.3 is 10.5 Å². The first-order chi connectivity index (χ1) is 8.74. The molecule has 0 aliphatic carbocycles. The normalized spacial score (nSPS) is 14.7. The van der Waals surface area contributed by atoms with Gasteiger partial charge in [-0.15, -0.1) is 0 Å². The van der Waals surface area contributed by atoms with Gasteiger partial charge in [0.25, 0.3) is 0 Å². The van der Waals surface area contributed by atoms with Crippen LogP contribution in [0.25, 0.3) is 0 Å². The standard InChI is InChI=1S/C15H26N2O/c1-4-17(10-11-18-3)15(12-16)13(2)14-8-6-5-7-9-14/h5-9,13,15H,4,10-12,16H2,1-3H3. The molecule has 0 heterocycles. The molecular formula is C15H26N2O. The minimum absolute atomic E-state index is 0.368. The number of likely N-dealkylation sites (N-methyl/N-ethyl adjacent to an activating group) is 1. The number of nitrogens with zero attached hydrogens (tertiary/aromatic N) is 1. The molecule has 0 aliphatic heterocycles. The highest BCUT2D eigenvalue weighted by atomic mass is 16.5. The molecule has 1 aromatic rings. The lowest BCUT2D eigenvalue weighted by molar-refractivity contribution is 0.117. The zero-order valence-corrected chi connectivity index (χ0v) is 11.8. The average molecular weight is 250 g/mol. The van der Waals surface area contributed by atoms with Crippen LogP contribution in [0.3, 0.4) is 0 Å². The number of benzene rings is 1. The second-order valence-corrected chi connectivity index (χ2v) is 4.62. The van der Waals surface area contributed by atoms with Crippen LogP contribution in [-0.4, -0.2) is 44.3 Å². The quantitative estimate of drug-likeness (QED) is 0.768. The molecule has 18 heavy (non-hydrogen) atoms. The van der Waals surface area contributed by atoms with E-state index >= 15 is 0 Å². The van der Waals surface area contributed by atoms with E-state index < -0.39 is 0 Å². The van der Waals surface area contributed by atoms with Crippen molar-refractivity contribution in [2.45, 2.75) is 25.8 Å². The van der Waals surface area contributed by atoms with Gasteiger partial charge in [-0.05, 0) is 18.0 Å². The molecule has 3 nitrogen and oxygen atoms in total. The highest BCUT2D eigenvalue weighted by Crippen LogP contribution is 2.22. The highest BCUT2D eigenvalue weighted by Gasteiger charge is 2.22. The smallest absolute Gasteiger partial charge is 0.0589 e. The zero-order chi connectivity index (χ0) is 13.4. The van der Waals surface area contributed by atoms with E-state index in [9.17, 15) is 0 Å². The van der Waals surface area contributed by atoms with Crippen LogP contribution in [0.5, 0.6) is 0 Å². The van der Waals surface area contributed by atoms with Crippen molar-refractivity contribution >= 4 is 0 Å². The Hall–Kier alpha value is -0.900. The second kappa shape index (κ2) is 8.25. The second-order valence-electron chi connectivity index (χ2n) is 4.62. The summed E-state index contributed by atoms with van der Waals surface area (Å²) in [7, 11) is 1.74. The van der Waals surface area contributed by atoms with Gasteiger partial charge in [-0.1, -0.05) is 44.2 Å². The molecule has 3 heteroatoms. The monoisotopic (exact) mass is 250 g/mol. The van der Waals surface area contributed by atoms with Gasteiger partial charge in [-0.25, -0.2) is 0 Å². The molecule has 1 rings (SSSR count). The van der Waals surface area contributed by atoms with Gasteiger partial charge in [0.1, 0.15) is 0 Å². The van der Waals surface area contributed by atoms with Crippen molar-refractivity contribution in [3.05, 3.63) is 35.9 Å². The van der Waals surface area contributed by atoms with Crippen LogP contribution in [0.4, 0.5) is 0 Å². The summed E-state index contributed by atoms with van der Waals surface area (Å²) in [6.45, 7) is 7.80. The first kappa shape index (κ1) is 15.2. The predicted octanol–water partition coefficient (Wildman–Crippen LogP) is 2.09. The number of hydrogen-bond acceptors (Lipinski definition) is 3. The molecule has 0 bridgehead atoms. The first-order valence-corrected chi connectivity index (χ1v) is 6.72. The average Bonchev–Trinajstić information content (AvgIpc) is 2.43. The summed E-state index contributed by atoms with van der Waals surface area (Å²) in [4.78, 5) is 2.40. The third kappa shape index (κ3) is 4.09. The topological polar surface area (TPSA) is 38.5 Å². The molecule has 0 radical (unpaired) electrons. The highest BCUT2D eigenvalue weighted by molar-refractivity contribution is 5.20. The fraction of sp³-hybridized carbons (Fsp3) is 0.600. The third-order valence-corrected chi connectivity index (χ3v) is 3.60. The van der Waals surface area contributed by atoms with Crippen molar-refractivity contribution in [3.8, 4) is 0 Å². The molecule has 102 valence electrons. The summed E-state index contributed by atoms with van der Waals surface area (Å²) in [5.41, 5.74) is 7.33. The fourth-order valence-corrected chi connectivity index (χ4v) is 2.42. The van der Waals surface area contributed by atoms with Gasteiger partial charge in [0.15, 0.2) is 0 Å². The molecule has 1 aromatic carbocycles. The summed E-state index contributed by atoms with van der Waals surface area (Å²) < 4.78 is 5.17. The number of nitrogens with two attached hydrogens (primary N) is 1.